The molecule has 0 aromatic heterocycles. The molecule has 0 saturated carbocycles. The van der Waals surface area contributed by atoms with E-state index in [1.165, 1.54) is 44.9 Å². The first-order chi connectivity index (χ1) is 25.1. The Kier molecular flexibility index (Phi) is 33.5. The van der Waals surface area contributed by atoms with Gasteiger partial charge in [0.1, 0.15) is 6.61 Å². The molecule has 0 amide bonds. The fraction of sp³-hybridized carbons (Fsp3) is 0.750. The lowest BCUT2D eigenvalue weighted by atomic mass is 10.1. The van der Waals surface area contributed by atoms with Crippen LogP contribution in [0.15, 0.2) is 48.6 Å². The van der Waals surface area contributed by atoms with Crippen molar-refractivity contribution < 1.29 is 38.2 Å². The first-order valence-corrected chi connectivity index (χ1v) is 20.7. The summed E-state index contributed by atoms with van der Waals surface area (Å²) in [5.74, 6) is -1.52. The lowest BCUT2D eigenvalue weighted by Gasteiger charge is -2.31. The van der Waals surface area contributed by atoms with E-state index in [4.69, 9.17) is 14.2 Å². The standard InChI is InChI=1S/C44H77NO7/c1-6-8-10-12-14-16-18-19-20-21-22-23-24-25-27-28-30-32-34-42(46)51-39-40(38-50-37-36-41(44(48)49)45(3,4)5)52-43(47)35-33-31-29-26-17-15-13-11-9-7-2/h13,15,18-23,40-41H,6-12,14,16-17,24-39H2,1-5H3/p+1/b15-13+,19-18+,21-20+,23-22+. The third-order valence-corrected chi connectivity index (χ3v) is 9.01. The molecule has 1 N–H and O–H groups in total. The summed E-state index contributed by atoms with van der Waals surface area (Å²) >= 11 is 0. The Morgan fingerprint density at radius 3 is 1.60 bits per heavy atom. The highest BCUT2D eigenvalue weighted by molar-refractivity contribution is 5.72. The maximum absolute atomic E-state index is 12.6. The van der Waals surface area contributed by atoms with Gasteiger partial charge in [0, 0.05) is 19.3 Å². The molecule has 0 fully saturated rings. The van der Waals surface area contributed by atoms with Crippen molar-refractivity contribution in [1.82, 2.24) is 0 Å². The first kappa shape index (κ1) is 49.3. The Morgan fingerprint density at radius 2 is 1.06 bits per heavy atom. The van der Waals surface area contributed by atoms with Crippen molar-refractivity contribution in [1.29, 1.82) is 0 Å². The van der Waals surface area contributed by atoms with Gasteiger partial charge in [-0.1, -0.05) is 133 Å². The third kappa shape index (κ3) is 33.1. The van der Waals surface area contributed by atoms with Crippen LogP contribution in [0.3, 0.4) is 0 Å². The number of quaternary nitrogens is 1. The minimum atomic E-state index is -0.882. The smallest absolute Gasteiger partial charge is 0.362 e. The van der Waals surface area contributed by atoms with Crippen LogP contribution in [0.1, 0.15) is 162 Å². The van der Waals surface area contributed by atoms with Crippen molar-refractivity contribution in [3.8, 4) is 0 Å². The zero-order valence-electron chi connectivity index (χ0n) is 34.0. The average Bonchev–Trinajstić information content (AvgIpc) is 3.09. The van der Waals surface area contributed by atoms with Crippen molar-refractivity contribution in [2.75, 3.05) is 41.0 Å². The predicted molar refractivity (Wildman–Crippen MR) is 215 cm³/mol. The van der Waals surface area contributed by atoms with Gasteiger partial charge in [0.15, 0.2) is 12.1 Å². The molecule has 300 valence electrons. The summed E-state index contributed by atoms with van der Waals surface area (Å²) in [6.07, 6.45) is 40.1. The number of rotatable bonds is 36. The minimum Gasteiger partial charge on any atom is -0.477 e. The molecule has 0 heterocycles. The van der Waals surface area contributed by atoms with Crippen LogP contribution in [0.4, 0.5) is 0 Å². The summed E-state index contributed by atoms with van der Waals surface area (Å²) in [5.41, 5.74) is 0. The lowest BCUT2D eigenvalue weighted by molar-refractivity contribution is -0.887. The van der Waals surface area contributed by atoms with Gasteiger partial charge in [-0.15, -0.1) is 0 Å². The molecule has 8 nitrogen and oxygen atoms in total. The molecular weight excluding hydrogens is 654 g/mol. The minimum absolute atomic E-state index is 0.0486. The van der Waals surface area contributed by atoms with Gasteiger partial charge in [-0.05, 0) is 57.8 Å². The van der Waals surface area contributed by atoms with Gasteiger partial charge in [0.2, 0.25) is 0 Å². The molecule has 0 aromatic rings. The average molecular weight is 733 g/mol. The Morgan fingerprint density at radius 1 is 0.577 bits per heavy atom. The molecule has 0 saturated heterocycles. The van der Waals surface area contributed by atoms with Crippen LogP contribution < -0.4 is 0 Å². The van der Waals surface area contributed by atoms with Gasteiger partial charge < -0.3 is 23.8 Å². The first-order valence-electron chi connectivity index (χ1n) is 20.7. The van der Waals surface area contributed by atoms with Crippen LogP contribution in [-0.2, 0) is 28.6 Å². The second kappa shape index (κ2) is 35.3. The van der Waals surface area contributed by atoms with E-state index in [-0.39, 0.29) is 36.2 Å². The fourth-order valence-electron chi connectivity index (χ4n) is 5.72. The van der Waals surface area contributed by atoms with Crippen LogP contribution in [-0.4, -0.2) is 80.6 Å². The topological polar surface area (TPSA) is 99.1 Å². The van der Waals surface area contributed by atoms with Crippen molar-refractivity contribution in [2.45, 2.75) is 174 Å². The van der Waals surface area contributed by atoms with Gasteiger partial charge in [-0.25, -0.2) is 4.79 Å². The van der Waals surface area contributed by atoms with Crippen molar-refractivity contribution in [2.24, 2.45) is 0 Å². The largest absolute Gasteiger partial charge is 0.477 e. The van der Waals surface area contributed by atoms with Gasteiger partial charge in [0.25, 0.3) is 0 Å². The number of carboxylic acid groups (broad SMARTS) is 1. The molecule has 0 aliphatic carbocycles. The molecular formula is C44H78NO7+. The monoisotopic (exact) mass is 733 g/mol. The number of unbranched alkanes of at least 4 members (excludes halogenated alkanes) is 16. The summed E-state index contributed by atoms with van der Waals surface area (Å²) < 4.78 is 17.2. The Bertz CT molecular complexity index is 995. The Labute approximate surface area is 318 Å². The summed E-state index contributed by atoms with van der Waals surface area (Å²) in [5, 5.41) is 9.59. The second-order valence-corrected chi connectivity index (χ2v) is 14.9. The van der Waals surface area contributed by atoms with E-state index in [0.29, 0.717) is 19.3 Å². The maximum atomic E-state index is 12.6. The van der Waals surface area contributed by atoms with Gasteiger partial charge in [-0.2, -0.15) is 0 Å². The zero-order valence-corrected chi connectivity index (χ0v) is 34.0. The van der Waals surface area contributed by atoms with E-state index in [1.54, 1.807) is 0 Å². The number of esters is 2. The number of nitrogens with zero attached hydrogens (tertiary/aromatic N) is 1. The van der Waals surface area contributed by atoms with Crippen molar-refractivity contribution in [3.05, 3.63) is 48.6 Å². The molecule has 0 aliphatic heterocycles. The number of carbonyl (C=O) groups is 3. The normalized spacial score (nSPS) is 13.5. The van der Waals surface area contributed by atoms with E-state index in [1.807, 2.05) is 21.1 Å². The summed E-state index contributed by atoms with van der Waals surface area (Å²) in [6, 6.07) is -0.619. The Balaban J connectivity index is 4.39. The molecule has 0 rings (SSSR count). The van der Waals surface area contributed by atoms with E-state index < -0.39 is 18.1 Å². The number of hydrogen-bond acceptors (Lipinski definition) is 6. The molecule has 52 heavy (non-hydrogen) atoms. The number of aliphatic carboxylic acids is 1. The van der Waals surface area contributed by atoms with Crippen LogP contribution in [0, 0.1) is 0 Å². The molecule has 0 bridgehead atoms. The summed E-state index contributed by atoms with van der Waals surface area (Å²) in [7, 11) is 5.50. The van der Waals surface area contributed by atoms with Crippen molar-refractivity contribution >= 4 is 17.9 Å². The molecule has 0 spiro atoms. The molecule has 2 unspecified atom stereocenters. The van der Waals surface area contributed by atoms with E-state index in [0.717, 1.165) is 83.5 Å². The predicted octanol–water partition coefficient (Wildman–Crippen LogP) is 10.9. The molecule has 8 heteroatoms. The van der Waals surface area contributed by atoms with Gasteiger partial charge >= 0.3 is 17.9 Å². The summed E-state index contributed by atoms with van der Waals surface area (Å²) in [4.78, 5) is 36.8. The number of hydrogen-bond donors (Lipinski definition) is 1. The van der Waals surface area contributed by atoms with Crippen LogP contribution in [0.25, 0.3) is 0 Å². The maximum Gasteiger partial charge on any atom is 0.362 e. The van der Waals surface area contributed by atoms with E-state index >= 15 is 0 Å². The number of carboxylic acids is 1. The van der Waals surface area contributed by atoms with Crippen LogP contribution in [0.2, 0.25) is 0 Å². The third-order valence-electron chi connectivity index (χ3n) is 9.01. The number of likely N-dealkylation sites (N-methyl/N-ethyl adjacent to an activating group) is 1. The highest BCUT2D eigenvalue weighted by Crippen LogP contribution is 2.12. The van der Waals surface area contributed by atoms with Crippen LogP contribution in [0.5, 0.6) is 0 Å². The second-order valence-electron chi connectivity index (χ2n) is 14.9. The molecule has 0 aromatic carbocycles. The number of allylic oxidation sites excluding steroid dienone is 8. The molecule has 0 aliphatic rings. The highest BCUT2D eigenvalue weighted by atomic mass is 16.6. The number of carbonyl (C=O) groups excluding carboxylic acids is 2. The Hall–Kier alpha value is -2.71. The lowest BCUT2D eigenvalue weighted by Crippen LogP contribution is -2.50. The SMILES string of the molecule is CCCC/C=C/CCCCCCC(=O)OC(COCCC(C(=O)O)[N+](C)(C)C)COC(=O)CCCCCCC/C=C/C=C/C=C/CCCCCCC. The van der Waals surface area contributed by atoms with Gasteiger partial charge in [-0.3, -0.25) is 9.59 Å². The fourth-order valence-corrected chi connectivity index (χ4v) is 5.72. The quantitative estimate of drug-likeness (QED) is 0.0225. The molecule has 0 radical (unpaired) electrons. The number of ether oxygens (including phenoxy) is 3. The molecule has 2 atom stereocenters. The van der Waals surface area contributed by atoms with Crippen molar-refractivity contribution in [3.63, 3.8) is 0 Å². The summed E-state index contributed by atoms with van der Waals surface area (Å²) in [6.45, 7) is 4.63. The highest BCUT2D eigenvalue weighted by Gasteiger charge is 2.31. The van der Waals surface area contributed by atoms with E-state index in [9.17, 15) is 19.5 Å². The van der Waals surface area contributed by atoms with Crippen LogP contribution >= 0.6 is 0 Å². The van der Waals surface area contributed by atoms with E-state index in [2.05, 4.69) is 62.5 Å². The zero-order chi connectivity index (χ0) is 38.5. The van der Waals surface area contributed by atoms with Gasteiger partial charge in [0.05, 0.1) is 34.4 Å².